The van der Waals surface area contributed by atoms with Crippen LogP contribution in [0.1, 0.15) is 25.3 Å². The van der Waals surface area contributed by atoms with Crippen LogP contribution in [0, 0.1) is 5.82 Å². The molecule has 0 spiro atoms. The van der Waals surface area contributed by atoms with Crippen LogP contribution in [0.25, 0.3) is 0 Å². The molecule has 1 aliphatic rings. The molecule has 0 atom stereocenters. The molecule has 0 unspecified atom stereocenters. The van der Waals surface area contributed by atoms with Gasteiger partial charge in [0.15, 0.2) is 11.6 Å². The van der Waals surface area contributed by atoms with Gasteiger partial charge in [0.25, 0.3) is 0 Å². The second-order valence-corrected chi connectivity index (χ2v) is 3.73. The Morgan fingerprint density at radius 2 is 2.21 bits per heavy atom. The first-order valence-electron chi connectivity index (χ1n) is 4.87. The fourth-order valence-electron chi connectivity index (χ4n) is 1.51. The zero-order valence-electron chi connectivity index (χ0n) is 8.22. The lowest BCUT2D eigenvalue weighted by Gasteiger charge is -2.11. The number of hydrogen-bond acceptors (Lipinski definition) is 2. The van der Waals surface area contributed by atoms with Crippen molar-refractivity contribution in [1.29, 1.82) is 0 Å². The quantitative estimate of drug-likeness (QED) is 0.802. The van der Waals surface area contributed by atoms with Crippen molar-refractivity contribution in [1.82, 2.24) is 0 Å². The molecule has 1 aromatic carbocycles. The highest BCUT2D eigenvalue weighted by molar-refractivity contribution is 5.36. The van der Waals surface area contributed by atoms with Gasteiger partial charge in [-0.05, 0) is 37.5 Å². The van der Waals surface area contributed by atoms with Crippen molar-refractivity contribution < 1.29 is 9.13 Å². The third kappa shape index (κ3) is 1.60. The van der Waals surface area contributed by atoms with Crippen molar-refractivity contribution in [3.63, 3.8) is 0 Å². The molecular formula is C11H14FNO. The molecule has 1 aliphatic carbocycles. The van der Waals surface area contributed by atoms with E-state index >= 15 is 0 Å². The van der Waals surface area contributed by atoms with Gasteiger partial charge in [0, 0.05) is 5.54 Å². The summed E-state index contributed by atoms with van der Waals surface area (Å²) in [6.07, 6.45) is 1.89. The standard InChI is InChI=1S/C11H14FNO/c1-2-14-10-4-3-8(7-9(10)12)11(13)5-6-11/h3-4,7H,2,5-6,13H2,1H3. The van der Waals surface area contributed by atoms with E-state index in [1.807, 2.05) is 13.0 Å². The summed E-state index contributed by atoms with van der Waals surface area (Å²) in [7, 11) is 0. The number of ether oxygens (including phenoxy) is 1. The normalized spacial score (nSPS) is 17.9. The van der Waals surface area contributed by atoms with E-state index in [1.54, 1.807) is 6.07 Å². The molecule has 76 valence electrons. The Morgan fingerprint density at radius 1 is 1.50 bits per heavy atom. The lowest BCUT2D eigenvalue weighted by Crippen LogP contribution is -2.18. The molecule has 3 heteroatoms. The lowest BCUT2D eigenvalue weighted by molar-refractivity contribution is 0.321. The topological polar surface area (TPSA) is 35.2 Å². The highest BCUT2D eigenvalue weighted by atomic mass is 19.1. The summed E-state index contributed by atoms with van der Waals surface area (Å²) in [6, 6.07) is 4.99. The minimum Gasteiger partial charge on any atom is -0.491 e. The maximum atomic E-state index is 13.4. The van der Waals surface area contributed by atoms with Gasteiger partial charge in [0.1, 0.15) is 0 Å². The summed E-state index contributed by atoms with van der Waals surface area (Å²) in [5.74, 6) is -0.0124. The average molecular weight is 195 g/mol. The van der Waals surface area contributed by atoms with Crippen molar-refractivity contribution in [2.45, 2.75) is 25.3 Å². The van der Waals surface area contributed by atoms with E-state index in [0.29, 0.717) is 12.4 Å². The van der Waals surface area contributed by atoms with Gasteiger partial charge in [0.05, 0.1) is 6.61 Å². The van der Waals surface area contributed by atoms with Crippen molar-refractivity contribution >= 4 is 0 Å². The molecule has 2 rings (SSSR count). The van der Waals surface area contributed by atoms with Crippen LogP contribution >= 0.6 is 0 Å². The SMILES string of the molecule is CCOc1ccc(C2(N)CC2)cc1F. The number of halogens is 1. The van der Waals surface area contributed by atoms with Crippen LogP contribution in [0.15, 0.2) is 18.2 Å². The van der Waals surface area contributed by atoms with E-state index in [9.17, 15) is 4.39 Å². The van der Waals surface area contributed by atoms with E-state index in [4.69, 9.17) is 10.5 Å². The summed E-state index contributed by atoms with van der Waals surface area (Å²) in [4.78, 5) is 0. The van der Waals surface area contributed by atoms with Gasteiger partial charge in [-0.15, -0.1) is 0 Å². The van der Waals surface area contributed by atoms with Crippen LogP contribution in [0.4, 0.5) is 4.39 Å². The highest BCUT2D eigenvalue weighted by Crippen LogP contribution is 2.43. The van der Waals surface area contributed by atoms with Gasteiger partial charge < -0.3 is 10.5 Å². The van der Waals surface area contributed by atoms with Gasteiger partial charge in [-0.1, -0.05) is 6.07 Å². The monoisotopic (exact) mass is 195 g/mol. The number of rotatable bonds is 3. The summed E-state index contributed by atoms with van der Waals surface area (Å²) < 4.78 is 18.5. The van der Waals surface area contributed by atoms with Crippen molar-refractivity contribution in [3.8, 4) is 5.75 Å². The van der Waals surface area contributed by atoms with Gasteiger partial charge >= 0.3 is 0 Å². The molecule has 0 radical (unpaired) electrons. The zero-order chi connectivity index (χ0) is 10.2. The fraction of sp³-hybridized carbons (Fsp3) is 0.455. The lowest BCUT2D eigenvalue weighted by atomic mass is 10.1. The zero-order valence-corrected chi connectivity index (χ0v) is 8.22. The Balaban J connectivity index is 2.26. The molecule has 0 amide bonds. The Labute approximate surface area is 82.9 Å². The van der Waals surface area contributed by atoms with Gasteiger partial charge in [-0.2, -0.15) is 0 Å². The molecule has 0 bridgehead atoms. The maximum absolute atomic E-state index is 13.4. The van der Waals surface area contributed by atoms with Gasteiger partial charge in [-0.25, -0.2) is 4.39 Å². The van der Waals surface area contributed by atoms with E-state index < -0.39 is 0 Å². The minimum atomic E-state index is -0.318. The molecule has 0 aromatic heterocycles. The van der Waals surface area contributed by atoms with Crippen LogP contribution in [0.5, 0.6) is 5.75 Å². The molecular weight excluding hydrogens is 181 g/mol. The number of benzene rings is 1. The van der Waals surface area contributed by atoms with Crippen LogP contribution in [0.3, 0.4) is 0 Å². The summed E-state index contributed by atoms with van der Waals surface area (Å²) in [5, 5.41) is 0. The molecule has 0 aliphatic heterocycles. The van der Waals surface area contributed by atoms with Crippen LogP contribution < -0.4 is 10.5 Å². The Morgan fingerprint density at radius 3 is 2.71 bits per heavy atom. The van der Waals surface area contributed by atoms with Crippen molar-refractivity contribution in [2.75, 3.05) is 6.61 Å². The third-order valence-corrected chi connectivity index (χ3v) is 2.60. The van der Waals surface area contributed by atoms with E-state index in [2.05, 4.69) is 0 Å². The van der Waals surface area contributed by atoms with Crippen molar-refractivity contribution in [3.05, 3.63) is 29.6 Å². The molecule has 0 heterocycles. The Bertz CT molecular complexity index is 347. The molecule has 1 aromatic rings. The van der Waals surface area contributed by atoms with Gasteiger partial charge in [0.2, 0.25) is 0 Å². The summed E-state index contributed by atoms with van der Waals surface area (Å²) in [6.45, 7) is 2.31. The smallest absolute Gasteiger partial charge is 0.165 e. The van der Waals surface area contributed by atoms with Crippen LogP contribution in [0.2, 0.25) is 0 Å². The molecule has 2 nitrogen and oxygen atoms in total. The molecule has 14 heavy (non-hydrogen) atoms. The minimum absolute atomic E-state index is 0.272. The van der Waals surface area contributed by atoms with E-state index in [-0.39, 0.29) is 11.4 Å². The molecule has 0 saturated heterocycles. The highest BCUT2D eigenvalue weighted by Gasteiger charge is 2.40. The first-order valence-corrected chi connectivity index (χ1v) is 4.87. The Hall–Kier alpha value is -1.09. The van der Waals surface area contributed by atoms with Crippen molar-refractivity contribution in [2.24, 2.45) is 5.73 Å². The predicted octanol–water partition coefficient (Wildman–Crippen LogP) is 2.17. The van der Waals surface area contributed by atoms with E-state index in [1.165, 1.54) is 6.07 Å². The number of nitrogens with two attached hydrogens (primary N) is 1. The third-order valence-electron chi connectivity index (χ3n) is 2.60. The average Bonchev–Trinajstić information content (AvgIpc) is 2.89. The maximum Gasteiger partial charge on any atom is 0.165 e. The largest absolute Gasteiger partial charge is 0.491 e. The second-order valence-electron chi connectivity index (χ2n) is 3.73. The summed E-state index contributed by atoms with van der Waals surface area (Å²) in [5.41, 5.74) is 6.55. The van der Waals surface area contributed by atoms with E-state index in [0.717, 1.165) is 18.4 Å². The molecule has 2 N–H and O–H groups in total. The first-order chi connectivity index (χ1) is 6.65. The Kier molecular flexibility index (Phi) is 2.19. The van der Waals surface area contributed by atoms with Gasteiger partial charge in [-0.3, -0.25) is 0 Å². The first kappa shape index (κ1) is 9.46. The van der Waals surface area contributed by atoms with Crippen LogP contribution in [-0.2, 0) is 5.54 Å². The second kappa shape index (κ2) is 3.24. The summed E-state index contributed by atoms with van der Waals surface area (Å²) >= 11 is 0. The molecule has 1 saturated carbocycles. The number of hydrogen-bond donors (Lipinski definition) is 1. The van der Waals surface area contributed by atoms with Crippen LogP contribution in [-0.4, -0.2) is 6.61 Å². The fourth-order valence-corrected chi connectivity index (χ4v) is 1.51. The predicted molar refractivity (Wildman–Crippen MR) is 52.7 cm³/mol. The molecule has 1 fully saturated rings.